The lowest BCUT2D eigenvalue weighted by Gasteiger charge is -1.96. The number of hydrogen-bond donors (Lipinski definition) is 1. The molecule has 96 valence electrons. The largest absolute Gasteiger partial charge is 0.455 e. The second kappa shape index (κ2) is 5.58. The van der Waals surface area contributed by atoms with Crippen LogP contribution in [0, 0.1) is 10.1 Å². The Bertz CT molecular complexity index is 616. The van der Waals surface area contributed by atoms with Crippen LogP contribution in [-0.2, 0) is 4.79 Å². The fourth-order valence-electron chi connectivity index (χ4n) is 1.46. The Kier molecular flexibility index (Phi) is 3.67. The van der Waals surface area contributed by atoms with Crippen LogP contribution >= 0.6 is 0 Å². The average molecular weight is 259 g/mol. The molecule has 1 aromatic heterocycles. The van der Waals surface area contributed by atoms with Crippen molar-refractivity contribution in [2.75, 3.05) is 0 Å². The van der Waals surface area contributed by atoms with Gasteiger partial charge in [-0.25, -0.2) is 5.43 Å². The number of benzene rings is 1. The van der Waals surface area contributed by atoms with E-state index in [1.807, 2.05) is 0 Å². The predicted octanol–water partition coefficient (Wildman–Crippen LogP) is 1.93. The van der Waals surface area contributed by atoms with E-state index in [0.29, 0.717) is 23.5 Å². The highest BCUT2D eigenvalue weighted by Crippen LogP contribution is 2.23. The molecule has 7 heteroatoms. The second-order valence-corrected chi connectivity index (χ2v) is 3.51. The maximum absolute atomic E-state index is 10.5. The van der Waals surface area contributed by atoms with Crippen molar-refractivity contribution in [3.8, 4) is 11.3 Å². The van der Waals surface area contributed by atoms with Crippen LogP contribution in [0.15, 0.2) is 45.9 Å². The number of amides is 1. The number of nitro benzene ring substituents is 1. The number of nitrogens with one attached hydrogen (secondary N) is 1. The number of carbonyl (C=O) groups is 1. The summed E-state index contributed by atoms with van der Waals surface area (Å²) in [5.41, 5.74) is 2.86. The van der Waals surface area contributed by atoms with E-state index in [2.05, 4.69) is 10.5 Å². The van der Waals surface area contributed by atoms with Crippen LogP contribution in [0.25, 0.3) is 11.3 Å². The average Bonchev–Trinajstić information content (AvgIpc) is 2.88. The summed E-state index contributed by atoms with van der Waals surface area (Å²) < 4.78 is 5.44. The van der Waals surface area contributed by atoms with Crippen molar-refractivity contribution in [1.29, 1.82) is 0 Å². The van der Waals surface area contributed by atoms with Gasteiger partial charge in [-0.2, -0.15) is 5.10 Å². The zero-order valence-electron chi connectivity index (χ0n) is 9.65. The maximum atomic E-state index is 10.5. The van der Waals surface area contributed by atoms with Crippen molar-refractivity contribution in [3.05, 3.63) is 52.3 Å². The first-order chi connectivity index (χ1) is 9.20. The van der Waals surface area contributed by atoms with Crippen LogP contribution in [0.1, 0.15) is 5.76 Å². The number of non-ortho nitro benzene ring substituents is 1. The Hall–Kier alpha value is -2.96. The molecule has 0 saturated carbocycles. The van der Waals surface area contributed by atoms with Gasteiger partial charge in [0.1, 0.15) is 11.5 Å². The Labute approximate surface area is 107 Å². The van der Waals surface area contributed by atoms with E-state index < -0.39 is 4.92 Å². The van der Waals surface area contributed by atoms with Crippen LogP contribution in [0.3, 0.4) is 0 Å². The van der Waals surface area contributed by atoms with E-state index in [1.165, 1.54) is 18.3 Å². The summed E-state index contributed by atoms with van der Waals surface area (Å²) in [7, 11) is 0. The molecule has 0 radical (unpaired) electrons. The van der Waals surface area contributed by atoms with Gasteiger partial charge in [-0.05, 0) is 24.3 Å². The fraction of sp³-hybridized carbons (Fsp3) is 0. The number of furan rings is 1. The molecule has 1 aromatic carbocycles. The first-order valence-corrected chi connectivity index (χ1v) is 5.27. The van der Waals surface area contributed by atoms with Gasteiger partial charge in [0.15, 0.2) is 0 Å². The highest BCUT2D eigenvalue weighted by molar-refractivity contribution is 5.77. The third-order valence-corrected chi connectivity index (χ3v) is 2.31. The summed E-state index contributed by atoms with van der Waals surface area (Å²) in [6.07, 6.45) is 1.79. The third-order valence-electron chi connectivity index (χ3n) is 2.31. The summed E-state index contributed by atoms with van der Waals surface area (Å²) >= 11 is 0. The molecule has 0 atom stereocenters. The van der Waals surface area contributed by atoms with Gasteiger partial charge in [-0.1, -0.05) is 0 Å². The molecule has 0 fully saturated rings. The Morgan fingerprint density at radius 2 is 1.95 bits per heavy atom. The minimum Gasteiger partial charge on any atom is -0.455 e. The Morgan fingerprint density at radius 1 is 1.21 bits per heavy atom. The number of nitrogens with zero attached hydrogens (tertiary/aromatic N) is 2. The third kappa shape index (κ3) is 3.03. The topological polar surface area (TPSA) is 97.7 Å². The number of rotatable bonds is 5. The summed E-state index contributed by atoms with van der Waals surface area (Å²) in [5.74, 6) is 1.02. The van der Waals surface area contributed by atoms with Gasteiger partial charge >= 0.3 is 0 Å². The summed E-state index contributed by atoms with van der Waals surface area (Å²) in [4.78, 5) is 20.1. The number of nitro groups is 1. The van der Waals surface area contributed by atoms with Crippen molar-refractivity contribution >= 4 is 18.3 Å². The standard InChI is InChI=1S/C12H9N3O4/c16-8-14-13-7-11-5-6-12(19-11)9-1-3-10(4-2-9)15(17)18/h1-8H,(H,14,16)/b13-7-. The first kappa shape index (κ1) is 12.5. The molecule has 0 spiro atoms. The number of carbonyl (C=O) groups excluding carboxylic acids is 1. The van der Waals surface area contributed by atoms with Gasteiger partial charge in [-0.3, -0.25) is 14.9 Å². The molecule has 2 aromatic rings. The molecular formula is C12H9N3O4. The van der Waals surface area contributed by atoms with E-state index in [1.54, 1.807) is 24.3 Å². The normalized spacial score (nSPS) is 10.5. The minimum absolute atomic E-state index is 0.0206. The SMILES string of the molecule is O=CN/N=C\c1ccc(-c2ccc([N+](=O)[O-])cc2)o1. The van der Waals surface area contributed by atoms with Gasteiger partial charge < -0.3 is 4.42 Å². The quantitative estimate of drug-likeness (QED) is 0.384. The Morgan fingerprint density at radius 3 is 2.58 bits per heavy atom. The van der Waals surface area contributed by atoms with Gasteiger partial charge in [-0.15, -0.1) is 0 Å². The van der Waals surface area contributed by atoms with Crippen molar-refractivity contribution in [2.45, 2.75) is 0 Å². The zero-order valence-corrected chi connectivity index (χ0v) is 9.65. The van der Waals surface area contributed by atoms with Crippen molar-refractivity contribution in [2.24, 2.45) is 5.10 Å². The van der Waals surface area contributed by atoms with E-state index in [9.17, 15) is 14.9 Å². The van der Waals surface area contributed by atoms with Crippen molar-refractivity contribution in [3.63, 3.8) is 0 Å². The van der Waals surface area contributed by atoms with E-state index >= 15 is 0 Å². The molecule has 19 heavy (non-hydrogen) atoms. The number of hydrazone groups is 1. The Balaban J connectivity index is 2.18. The summed E-state index contributed by atoms with van der Waals surface area (Å²) in [6, 6.07) is 9.39. The summed E-state index contributed by atoms with van der Waals surface area (Å²) in [6.45, 7) is 0. The van der Waals surface area contributed by atoms with Gasteiger partial charge in [0.2, 0.25) is 6.41 Å². The molecular weight excluding hydrogens is 250 g/mol. The lowest BCUT2D eigenvalue weighted by Crippen LogP contribution is -1.99. The van der Waals surface area contributed by atoms with Gasteiger partial charge in [0.25, 0.3) is 5.69 Å². The lowest BCUT2D eigenvalue weighted by molar-refractivity contribution is -0.384. The lowest BCUT2D eigenvalue weighted by atomic mass is 10.1. The molecule has 1 N–H and O–H groups in total. The van der Waals surface area contributed by atoms with Crippen LogP contribution in [0.4, 0.5) is 5.69 Å². The molecule has 2 rings (SSSR count). The monoisotopic (exact) mass is 259 g/mol. The minimum atomic E-state index is -0.463. The van der Waals surface area contributed by atoms with E-state index in [0.717, 1.165) is 0 Å². The molecule has 0 aliphatic carbocycles. The van der Waals surface area contributed by atoms with Crippen LogP contribution in [0.5, 0.6) is 0 Å². The highest BCUT2D eigenvalue weighted by atomic mass is 16.6. The summed E-state index contributed by atoms with van der Waals surface area (Å²) in [5, 5.41) is 14.1. The molecule has 0 bridgehead atoms. The molecule has 1 heterocycles. The molecule has 0 aliphatic rings. The molecule has 0 unspecified atom stereocenters. The van der Waals surface area contributed by atoms with Crippen LogP contribution in [0.2, 0.25) is 0 Å². The van der Waals surface area contributed by atoms with Crippen molar-refractivity contribution < 1.29 is 14.1 Å². The second-order valence-electron chi connectivity index (χ2n) is 3.51. The van der Waals surface area contributed by atoms with Crippen molar-refractivity contribution in [1.82, 2.24) is 5.43 Å². The maximum Gasteiger partial charge on any atom is 0.269 e. The molecule has 0 aliphatic heterocycles. The molecule has 7 nitrogen and oxygen atoms in total. The van der Waals surface area contributed by atoms with E-state index in [4.69, 9.17) is 4.42 Å². The number of hydrogen-bond acceptors (Lipinski definition) is 5. The van der Waals surface area contributed by atoms with Gasteiger partial charge in [0.05, 0.1) is 11.1 Å². The first-order valence-electron chi connectivity index (χ1n) is 5.27. The zero-order chi connectivity index (χ0) is 13.7. The molecule has 0 saturated heterocycles. The van der Waals surface area contributed by atoms with Gasteiger partial charge in [0, 0.05) is 17.7 Å². The highest BCUT2D eigenvalue weighted by Gasteiger charge is 2.07. The van der Waals surface area contributed by atoms with Crippen LogP contribution < -0.4 is 5.43 Å². The van der Waals surface area contributed by atoms with E-state index in [-0.39, 0.29) is 5.69 Å². The molecule has 1 amide bonds. The predicted molar refractivity (Wildman–Crippen MR) is 67.6 cm³/mol. The fourth-order valence-corrected chi connectivity index (χ4v) is 1.46. The smallest absolute Gasteiger partial charge is 0.269 e. The van der Waals surface area contributed by atoms with Crippen LogP contribution in [-0.4, -0.2) is 17.5 Å².